The lowest BCUT2D eigenvalue weighted by molar-refractivity contribution is -0.128. The zero-order valence-corrected chi connectivity index (χ0v) is 11.4. The maximum atomic E-state index is 12.3. The standard InChI is InChI=1S/C16H26O2/c17-16(9-6-12-4-2-1-3-5-12)13-10-14-7-8-15(11-13)18-14/h12-15H,1-11H2. The summed E-state index contributed by atoms with van der Waals surface area (Å²) in [5, 5.41) is 0. The van der Waals surface area contributed by atoms with Crippen LogP contribution in [0.25, 0.3) is 0 Å². The average Bonchev–Trinajstić information content (AvgIpc) is 2.76. The molecule has 0 aromatic heterocycles. The molecule has 0 radical (unpaired) electrons. The first kappa shape index (κ1) is 12.7. The summed E-state index contributed by atoms with van der Waals surface area (Å²) in [6, 6.07) is 0. The van der Waals surface area contributed by atoms with Gasteiger partial charge in [-0.1, -0.05) is 32.1 Å². The van der Waals surface area contributed by atoms with Gasteiger partial charge in [-0.2, -0.15) is 0 Å². The van der Waals surface area contributed by atoms with Crippen molar-refractivity contribution in [3.8, 4) is 0 Å². The molecular formula is C16H26O2. The molecule has 2 atom stereocenters. The summed E-state index contributed by atoms with van der Waals surface area (Å²) in [4.78, 5) is 12.3. The van der Waals surface area contributed by atoms with Crippen molar-refractivity contribution in [3.63, 3.8) is 0 Å². The van der Waals surface area contributed by atoms with Gasteiger partial charge in [-0.15, -0.1) is 0 Å². The van der Waals surface area contributed by atoms with E-state index in [0.29, 0.717) is 23.9 Å². The molecular weight excluding hydrogens is 224 g/mol. The molecule has 1 saturated carbocycles. The van der Waals surface area contributed by atoms with Gasteiger partial charge < -0.3 is 4.74 Å². The third kappa shape index (κ3) is 2.96. The highest BCUT2D eigenvalue weighted by atomic mass is 16.5. The van der Waals surface area contributed by atoms with E-state index in [1.54, 1.807) is 0 Å². The summed E-state index contributed by atoms with van der Waals surface area (Å²) in [5.41, 5.74) is 0. The molecule has 2 aliphatic heterocycles. The fourth-order valence-corrected chi connectivity index (χ4v) is 4.15. The third-order valence-electron chi connectivity index (χ3n) is 5.27. The van der Waals surface area contributed by atoms with Crippen molar-refractivity contribution >= 4 is 5.78 Å². The van der Waals surface area contributed by atoms with Crippen LogP contribution < -0.4 is 0 Å². The Morgan fingerprint density at radius 3 is 2.28 bits per heavy atom. The Hall–Kier alpha value is -0.370. The van der Waals surface area contributed by atoms with E-state index in [0.717, 1.165) is 31.6 Å². The normalized spacial score (nSPS) is 36.8. The van der Waals surface area contributed by atoms with Crippen molar-refractivity contribution in [2.45, 2.75) is 82.8 Å². The van der Waals surface area contributed by atoms with Crippen LogP contribution in [0.1, 0.15) is 70.6 Å². The Balaban J connectivity index is 1.43. The molecule has 3 rings (SSSR count). The summed E-state index contributed by atoms with van der Waals surface area (Å²) in [7, 11) is 0. The monoisotopic (exact) mass is 250 g/mol. The van der Waals surface area contributed by atoms with Gasteiger partial charge in [-0.05, 0) is 38.0 Å². The van der Waals surface area contributed by atoms with Gasteiger partial charge in [0.25, 0.3) is 0 Å². The van der Waals surface area contributed by atoms with E-state index in [9.17, 15) is 4.79 Å². The van der Waals surface area contributed by atoms with Crippen LogP contribution in [-0.2, 0) is 9.53 Å². The Morgan fingerprint density at radius 1 is 0.944 bits per heavy atom. The third-order valence-corrected chi connectivity index (χ3v) is 5.27. The number of hydrogen-bond acceptors (Lipinski definition) is 2. The molecule has 0 aromatic carbocycles. The predicted octanol–water partition coefficient (Wildman–Crippen LogP) is 3.87. The van der Waals surface area contributed by atoms with Crippen LogP contribution in [0.2, 0.25) is 0 Å². The van der Waals surface area contributed by atoms with Crippen LogP contribution in [0.3, 0.4) is 0 Å². The zero-order chi connectivity index (χ0) is 12.4. The van der Waals surface area contributed by atoms with Crippen molar-refractivity contribution in [1.82, 2.24) is 0 Å². The van der Waals surface area contributed by atoms with Crippen LogP contribution in [0.4, 0.5) is 0 Å². The molecule has 2 unspecified atom stereocenters. The SMILES string of the molecule is O=C(CCC1CCCCC1)C1CC2CCC(C1)O2. The summed E-state index contributed by atoms with van der Waals surface area (Å²) in [6.45, 7) is 0. The molecule has 18 heavy (non-hydrogen) atoms. The second-order valence-corrected chi connectivity index (χ2v) is 6.63. The first-order valence-electron chi connectivity index (χ1n) is 7.99. The number of ether oxygens (including phenoxy) is 1. The molecule has 2 saturated heterocycles. The highest BCUT2D eigenvalue weighted by Crippen LogP contribution is 2.37. The van der Waals surface area contributed by atoms with E-state index in [1.165, 1.54) is 44.9 Å². The van der Waals surface area contributed by atoms with Crippen molar-refractivity contribution < 1.29 is 9.53 Å². The van der Waals surface area contributed by atoms with Gasteiger partial charge in [0, 0.05) is 12.3 Å². The summed E-state index contributed by atoms with van der Waals surface area (Å²) >= 11 is 0. The molecule has 102 valence electrons. The Bertz CT molecular complexity index is 281. The molecule has 3 fully saturated rings. The number of Topliss-reactive ketones (excluding diaryl/α,β-unsaturated/α-hetero) is 1. The molecule has 2 bridgehead atoms. The number of ketones is 1. The number of carbonyl (C=O) groups excluding carboxylic acids is 1. The summed E-state index contributed by atoms with van der Waals surface area (Å²) in [5.74, 6) is 1.72. The van der Waals surface area contributed by atoms with Gasteiger partial charge in [0.1, 0.15) is 5.78 Å². The minimum absolute atomic E-state index is 0.333. The van der Waals surface area contributed by atoms with Crippen LogP contribution in [0, 0.1) is 11.8 Å². The lowest BCUT2D eigenvalue weighted by Crippen LogP contribution is -2.30. The second kappa shape index (κ2) is 5.73. The van der Waals surface area contributed by atoms with Crippen LogP contribution in [0.15, 0.2) is 0 Å². The molecule has 3 aliphatic rings. The quantitative estimate of drug-likeness (QED) is 0.757. The van der Waals surface area contributed by atoms with Crippen molar-refractivity contribution in [1.29, 1.82) is 0 Å². The molecule has 2 nitrogen and oxygen atoms in total. The fourth-order valence-electron chi connectivity index (χ4n) is 4.15. The highest BCUT2D eigenvalue weighted by molar-refractivity contribution is 5.81. The van der Waals surface area contributed by atoms with Crippen molar-refractivity contribution in [2.75, 3.05) is 0 Å². The lowest BCUT2D eigenvalue weighted by atomic mass is 9.83. The average molecular weight is 250 g/mol. The number of hydrogen-bond donors (Lipinski definition) is 0. The molecule has 2 heterocycles. The van der Waals surface area contributed by atoms with Gasteiger partial charge in [0.2, 0.25) is 0 Å². The Morgan fingerprint density at radius 2 is 1.61 bits per heavy atom. The maximum absolute atomic E-state index is 12.3. The van der Waals surface area contributed by atoms with Gasteiger partial charge in [-0.3, -0.25) is 4.79 Å². The minimum atomic E-state index is 0.333. The van der Waals surface area contributed by atoms with Crippen LogP contribution >= 0.6 is 0 Å². The molecule has 2 heteroatoms. The van der Waals surface area contributed by atoms with E-state index in [1.807, 2.05) is 0 Å². The number of fused-ring (bicyclic) bond motifs is 2. The first-order chi connectivity index (χ1) is 8.81. The zero-order valence-electron chi connectivity index (χ0n) is 11.4. The first-order valence-corrected chi connectivity index (χ1v) is 7.99. The predicted molar refractivity (Wildman–Crippen MR) is 71.4 cm³/mol. The maximum Gasteiger partial charge on any atom is 0.136 e. The number of rotatable bonds is 4. The fraction of sp³-hybridized carbons (Fsp3) is 0.938. The highest BCUT2D eigenvalue weighted by Gasteiger charge is 2.37. The summed E-state index contributed by atoms with van der Waals surface area (Å²) in [6.07, 6.45) is 14.2. The second-order valence-electron chi connectivity index (χ2n) is 6.63. The Labute approximate surface area is 110 Å². The molecule has 1 aliphatic carbocycles. The lowest BCUT2D eigenvalue weighted by Gasteiger charge is -2.28. The van der Waals surface area contributed by atoms with Crippen molar-refractivity contribution in [2.24, 2.45) is 11.8 Å². The smallest absolute Gasteiger partial charge is 0.136 e. The van der Waals surface area contributed by atoms with E-state index in [4.69, 9.17) is 4.74 Å². The van der Waals surface area contributed by atoms with E-state index >= 15 is 0 Å². The van der Waals surface area contributed by atoms with E-state index in [-0.39, 0.29) is 0 Å². The van der Waals surface area contributed by atoms with E-state index in [2.05, 4.69) is 0 Å². The van der Waals surface area contributed by atoms with Crippen molar-refractivity contribution in [3.05, 3.63) is 0 Å². The molecule has 0 N–H and O–H groups in total. The minimum Gasteiger partial charge on any atom is -0.375 e. The van der Waals surface area contributed by atoms with Gasteiger partial charge in [0.05, 0.1) is 12.2 Å². The topological polar surface area (TPSA) is 26.3 Å². The number of carbonyl (C=O) groups is 1. The van der Waals surface area contributed by atoms with Crippen LogP contribution in [0.5, 0.6) is 0 Å². The van der Waals surface area contributed by atoms with Gasteiger partial charge in [-0.25, -0.2) is 0 Å². The Kier molecular flexibility index (Phi) is 4.03. The van der Waals surface area contributed by atoms with E-state index < -0.39 is 0 Å². The van der Waals surface area contributed by atoms with Gasteiger partial charge in [0.15, 0.2) is 0 Å². The molecule has 0 aromatic rings. The molecule has 0 spiro atoms. The van der Waals surface area contributed by atoms with Gasteiger partial charge >= 0.3 is 0 Å². The summed E-state index contributed by atoms with van der Waals surface area (Å²) < 4.78 is 5.82. The van der Waals surface area contributed by atoms with Crippen LogP contribution in [-0.4, -0.2) is 18.0 Å². The molecule has 0 amide bonds. The largest absolute Gasteiger partial charge is 0.375 e.